The number of aryl methyl sites for hydroxylation is 2. The van der Waals surface area contributed by atoms with E-state index in [0.29, 0.717) is 0 Å². The van der Waals surface area contributed by atoms with E-state index < -0.39 is 0 Å². The van der Waals surface area contributed by atoms with Gasteiger partial charge in [-0.05, 0) is 18.9 Å². The van der Waals surface area contributed by atoms with Crippen LogP contribution in [0.25, 0.3) is 0 Å². The maximum Gasteiger partial charge on any atom is 0.0170 e. The molecule has 1 aromatic carbocycles. The summed E-state index contributed by atoms with van der Waals surface area (Å²) in [5, 5.41) is 0. The first-order chi connectivity index (χ1) is 5.33. The molecule has 1 heteroatoms. The third kappa shape index (κ3) is 2.89. The second-order valence-corrected chi connectivity index (χ2v) is 4.80. The van der Waals surface area contributed by atoms with Crippen molar-refractivity contribution in [3.63, 3.8) is 0 Å². The van der Waals surface area contributed by atoms with Crippen LogP contribution in [-0.4, -0.2) is 9.52 Å². The highest BCUT2D eigenvalue weighted by molar-refractivity contribution is 6.33. The fourth-order valence-electron chi connectivity index (χ4n) is 1.14. The van der Waals surface area contributed by atoms with Gasteiger partial charge in [0.25, 0.3) is 0 Å². The van der Waals surface area contributed by atoms with Crippen LogP contribution in [0.15, 0.2) is 24.3 Å². The predicted octanol–water partition coefficient (Wildman–Crippen LogP) is 2.17. The van der Waals surface area contributed by atoms with Gasteiger partial charge >= 0.3 is 0 Å². The highest BCUT2D eigenvalue weighted by atomic mass is 28.2. The van der Waals surface area contributed by atoms with Gasteiger partial charge in [-0.25, -0.2) is 0 Å². The van der Waals surface area contributed by atoms with Crippen LogP contribution < -0.4 is 0 Å². The van der Waals surface area contributed by atoms with E-state index in [-0.39, 0.29) is 9.52 Å². The number of benzene rings is 1. The molecule has 0 unspecified atom stereocenters. The van der Waals surface area contributed by atoms with Crippen LogP contribution >= 0.6 is 0 Å². The van der Waals surface area contributed by atoms with E-state index in [0.717, 1.165) is 0 Å². The van der Waals surface area contributed by atoms with Crippen molar-refractivity contribution in [2.75, 3.05) is 0 Å². The van der Waals surface area contributed by atoms with Crippen molar-refractivity contribution in [2.24, 2.45) is 0 Å². The molecule has 1 aromatic rings. The fraction of sp³-hybridized carbons (Fsp3) is 0.400. The van der Waals surface area contributed by atoms with Crippen molar-refractivity contribution in [1.82, 2.24) is 0 Å². The molecule has 0 fully saturated rings. The molecule has 0 atom stereocenters. The molecule has 0 aliphatic heterocycles. The molecular weight excluding hydrogens is 148 g/mol. The maximum absolute atomic E-state index is 2.37. The molecule has 0 radical (unpaired) electrons. The van der Waals surface area contributed by atoms with E-state index in [2.05, 4.69) is 37.7 Å². The number of rotatable bonds is 3. The van der Waals surface area contributed by atoms with E-state index >= 15 is 0 Å². The van der Waals surface area contributed by atoms with Gasteiger partial charge in [0.05, 0.1) is 0 Å². The Bertz CT molecular complexity index is 201. The summed E-state index contributed by atoms with van der Waals surface area (Å²) >= 11 is 0. The summed E-state index contributed by atoms with van der Waals surface area (Å²) in [6.07, 6.45) is 1.29. The van der Waals surface area contributed by atoms with Gasteiger partial charge in [-0.2, -0.15) is 0 Å². The molecule has 0 aliphatic carbocycles. The summed E-state index contributed by atoms with van der Waals surface area (Å²) < 4.78 is 0. The normalized spacial score (nSPS) is 11.1. The quantitative estimate of drug-likeness (QED) is 0.601. The van der Waals surface area contributed by atoms with Gasteiger partial charge in [0.2, 0.25) is 0 Å². The van der Waals surface area contributed by atoms with E-state index in [4.69, 9.17) is 0 Å². The van der Waals surface area contributed by atoms with Crippen LogP contribution in [0.3, 0.4) is 0 Å². The van der Waals surface area contributed by atoms with Crippen molar-refractivity contribution < 1.29 is 0 Å². The molecule has 0 amide bonds. The zero-order valence-electron chi connectivity index (χ0n) is 7.43. The Morgan fingerprint density at radius 3 is 2.36 bits per heavy atom. The van der Waals surface area contributed by atoms with Crippen LogP contribution in [0.5, 0.6) is 0 Å². The van der Waals surface area contributed by atoms with Crippen LogP contribution in [-0.2, 0) is 6.42 Å². The lowest BCUT2D eigenvalue weighted by Gasteiger charge is -1.98. The number of hydrogen-bond acceptors (Lipinski definition) is 0. The molecule has 0 aliphatic rings. The molecule has 0 heterocycles. The standard InChI is InChI=1S/C10H16Si/c1-9-3-5-10(6-4-9)7-8-11-2/h3-6H,7-8,11H2,1-2H3. The highest BCUT2D eigenvalue weighted by Gasteiger charge is 1.90. The molecule has 1 rings (SSSR count). The second kappa shape index (κ2) is 4.34. The Kier molecular flexibility index (Phi) is 3.37. The molecule has 0 saturated carbocycles. The highest BCUT2D eigenvalue weighted by Crippen LogP contribution is 2.05. The Hall–Kier alpha value is -0.563. The lowest BCUT2D eigenvalue weighted by atomic mass is 10.1. The summed E-state index contributed by atoms with van der Waals surface area (Å²) in [6.45, 7) is 4.51. The average Bonchev–Trinajstić information content (AvgIpc) is 2.04. The van der Waals surface area contributed by atoms with E-state index in [1.54, 1.807) is 0 Å². The molecule has 0 aromatic heterocycles. The Morgan fingerprint density at radius 2 is 1.82 bits per heavy atom. The summed E-state index contributed by atoms with van der Waals surface area (Å²) in [7, 11) is 0.260. The molecule has 0 N–H and O–H groups in total. The van der Waals surface area contributed by atoms with Crippen LogP contribution in [0.2, 0.25) is 12.6 Å². The summed E-state index contributed by atoms with van der Waals surface area (Å²) in [6, 6.07) is 10.3. The zero-order chi connectivity index (χ0) is 8.10. The fourth-order valence-corrected chi connectivity index (χ4v) is 1.90. The first kappa shape index (κ1) is 8.53. The second-order valence-electron chi connectivity index (χ2n) is 3.09. The Labute approximate surface area is 71.5 Å². The molecule has 11 heavy (non-hydrogen) atoms. The summed E-state index contributed by atoms with van der Waals surface area (Å²) in [5.41, 5.74) is 2.87. The molecule has 0 nitrogen and oxygen atoms in total. The largest absolute Gasteiger partial charge is 0.0748 e. The monoisotopic (exact) mass is 164 g/mol. The minimum Gasteiger partial charge on any atom is -0.0748 e. The minimum atomic E-state index is 0.260. The lowest BCUT2D eigenvalue weighted by Crippen LogP contribution is -1.87. The van der Waals surface area contributed by atoms with Gasteiger partial charge in [-0.1, -0.05) is 42.4 Å². The lowest BCUT2D eigenvalue weighted by molar-refractivity contribution is 1.12. The van der Waals surface area contributed by atoms with Crippen LogP contribution in [0, 0.1) is 6.92 Å². The maximum atomic E-state index is 2.37. The van der Waals surface area contributed by atoms with E-state index in [1.165, 1.54) is 23.6 Å². The molecule has 0 saturated heterocycles. The zero-order valence-corrected chi connectivity index (χ0v) is 8.84. The summed E-state index contributed by atoms with van der Waals surface area (Å²) in [4.78, 5) is 0. The Balaban J connectivity index is 2.52. The van der Waals surface area contributed by atoms with Gasteiger partial charge in [0.15, 0.2) is 0 Å². The van der Waals surface area contributed by atoms with Crippen molar-refractivity contribution in [2.45, 2.75) is 25.9 Å². The SMILES string of the molecule is C[SiH2]CCc1ccc(C)cc1. The topological polar surface area (TPSA) is 0 Å². The van der Waals surface area contributed by atoms with E-state index in [9.17, 15) is 0 Å². The summed E-state index contributed by atoms with van der Waals surface area (Å²) in [5.74, 6) is 0. The van der Waals surface area contributed by atoms with Crippen molar-refractivity contribution >= 4 is 9.52 Å². The van der Waals surface area contributed by atoms with E-state index in [1.807, 2.05) is 0 Å². The Morgan fingerprint density at radius 1 is 1.18 bits per heavy atom. The third-order valence-electron chi connectivity index (χ3n) is 1.94. The molecule has 0 spiro atoms. The van der Waals surface area contributed by atoms with Crippen molar-refractivity contribution in [3.05, 3.63) is 35.4 Å². The van der Waals surface area contributed by atoms with Gasteiger partial charge in [0.1, 0.15) is 0 Å². The number of hydrogen-bond donors (Lipinski definition) is 0. The van der Waals surface area contributed by atoms with Crippen molar-refractivity contribution in [1.29, 1.82) is 0 Å². The minimum absolute atomic E-state index is 0.260. The third-order valence-corrected chi connectivity index (χ3v) is 3.00. The van der Waals surface area contributed by atoms with Gasteiger partial charge in [-0.15, -0.1) is 0 Å². The van der Waals surface area contributed by atoms with Crippen molar-refractivity contribution in [3.8, 4) is 0 Å². The first-order valence-electron chi connectivity index (χ1n) is 4.38. The predicted molar refractivity (Wildman–Crippen MR) is 54.1 cm³/mol. The smallest absolute Gasteiger partial charge is 0.0170 e. The molecule has 60 valence electrons. The van der Waals surface area contributed by atoms with Gasteiger partial charge in [0, 0.05) is 9.52 Å². The van der Waals surface area contributed by atoms with Crippen LogP contribution in [0.1, 0.15) is 11.1 Å². The van der Waals surface area contributed by atoms with Gasteiger partial charge in [-0.3, -0.25) is 0 Å². The molecule has 0 bridgehead atoms. The van der Waals surface area contributed by atoms with Crippen LogP contribution in [0.4, 0.5) is 0 Å². The first-order valence-corrected chi connectivity index (χ1v) is 6.80. The average molecular weight is 164 g/mol. The molecular formula is C10H16Si. The van der Waals surface area contributed by atoms with Gasteiger partial charge < -0.3 is 0 Å².